The maximum Gasteiger partial charge on any atom is 0.0801 e. The summed E-state index contributed by atoms with van der Waals surface area (Å²) in [5, 5.41) is 2.09. The second-order valence-electron chi connectivity index (χ2n) is 4.18. The SMILES string of the molecule is c1csc(-c2ccc(CC3CC3)cn2)c1. The van der Waals surface area contributed by atoms with E-state index in [4.69, 9.17) is 0 Å². The first-order chi connectivity index (χ1) is 7.42. The van der Waals surface area contributed by atoms with E-state index in [0.717, 1.165) is 11.6 Å². The van der Waals surface area contributed by atoms with E-state index in [1.807, 2.05) is 6.20 Å². The summed E-state index contributed by atoms with van der Waals surface area (Å²) in [7, 11) is 0. The van der Waals surface area contributed by atoms with Gasteiger partial charge in [0, 0.05) is 6.20 Å². The quantitative estimate of drug-likeness (QED) is 0.759. The third kappa shape index (κ3) is 2.10. The Balaban J connectivity index is 1.80. The molecular formula is C13H13NS. The van der Waals surface area contributed by atoms with Crippen LogP contribution in [0, 0.1) is 5.92 Å². The van der Waals surface area contributed by atoms with Gasteiger partial charge in [0.2, 0.25) is 0 Å². The van der Waals surface area contributed by atoms with Gasteiger partial charge in [0.25, 0.3) is 0 Å². The molecule has 1 aliphatic carbocycles. The highest BCUT2D eigenvalue weighted by Gasteiger charge is 2.21. The van der Waals surface area contributed by atoms with E-state index in [9.17, 15) is 0 Å². The van der Waals surface area contributed by atoms with Crippen molar-refractivity contribution in [3.05, 3.63) is 41.4 Å². The maximum absolute atomic E-state index is 4.51. The van der Waals surface area contributed by atoms with Crippen LogP contribution in [0.3, 0.4) is 0 Å². The van der Waals surface area contributed by atoms with Crippen molar-refractivity contribution in [3.63, 3.8) is 0 Å². The van der Waals surface area contributed by atoms with Gasteiger partial charge < -0.3 is 0 Å². The van der Waals surface area contributed by atoms with Crippen molar-refractivity contribution in [1.29, 1.82) is 0 Å². The Kier molecular flexibility index (Phi) is 2.29. The molecule has 1 aliphatic rings. The predicted octanol–water partition coefficient (Wildman–Crippen LogP) is 3.76. The minimum atomic E-state index is 0.944. The van der Waals surface area contributed by atoms with Crippen LogP contribution in [0.15, 0.2) is 35.8 Å². The smallest absolute Gasteiger partial charge is 0.0801 e. The van der Waals surface area contributed by atoms with Crippen LogP contribution in [0.1, 0.15) is 18.4 Å². The van der Waals surface area contributed by atoms with Gasteiger partial charge in [-0.25, -0.2) is 0 Å². The van der Waals surface area contributed by atoms with Crippen molar-refractivity contribution >= 4 is 11.3 Å². The first kappa shape index (κ1) is 9.10. The first-order valence-electron chi connectivity index (χ1n) is 5.40. The van der Waals surface area contributed by atoms with Crippen molar-refractivity contribution in [2.75, 3.05) is 0 Å². The molecule has 1 saturated carbocycles. The highest BCUT2D eigenvalue weighted by atomic mass is 32.1. The average molecular weight is 215 g/mol. The molecule has 0 aromatic carbocycles. The Morgan fingerprint density at radius 1 is 1.27 bits per heavy atom. The van der Waals surface area contributed by atoms with E-state index in [-0.39, 0.29) is 0 Å². The Morgan fingerprint density at radius 3 is 2.80 bits per heavy atom. The lowest BCUT2D eigenvalue weighted by atomic mass is 10.1. The first-order valence-corrected chi connectivity index (χ1v) is 6.28. The molecule has 2 aromatic heterocycles. The zero-order chi connectivity index (χ0) is 10.1. The summed E-state index contributed by atoms with van der Waals surface area (Å²) in [5.74, 6) is 0.944. The molecule has 0 spiro atoms. The van der Waals surface area contributed by atoms with Crippen molar-refractivity contribution in [3.8, 4) is 10.6 Å². The van der Waals surface area contributed by atoms with Crippen LogP contribution < -0.4 is 0 Å². The molecule has 2 aromatic rings. The highest BCUT2D eigenvalue weighted by Crippen LogP contribution is 2.32. The van der Waals surface area contributed by atoms with Crippen LogP contribution in [-0.2, 0) is 6.42 Å². The molecule has 2 heterocycles. The fourth-order valence-electron chi connectivity index (χ4n) is 1.77. The van der Waals surface area contributed by atoms with Crippen LogP contribution in [0.25, 0.3) is 10.6 Å². The molecule has 2 heteroatoms. The predicted molar refractivity (Wildman–Crippen MR) is 64.0 cm³/mol. The summed E-state index contributed by atoms with van der Waals surface area (Å²) in [4.78, 5) is 5.77. The third-order valence-electron chi connectivity index (χ3n) is 2.82. The molecule has 76 valence electrons. The van der Waals surface area contributed by atoms with Gasteiger partial charge in [0.15, 0.2) is 0 Å². The lowest BCUT2D eigenvalue weighted by Crippen LogP contribution is -1.89. The minimum Gasteiger partial charge on any atom is -0.255 e. The fraction of sp³-hybridized carbons (Fsp3) is 0.308. The summed E-state index contributed by atoms with van der Waals surface area (Å²) in [6.07, 6.45) is 6.07. The summed E-state index contributed by atoms with van der Waals surface area (Å²) >= 11 is 1.75. The number of rotatable bonds is 3. The van der Waals surface area contributed by atoms with E-state index in [1.54, 1.807) is 11.3 Å². The molecule has 15 heavy (non-hydrogen) atoms. The number of nitrogens with zero attached hydrogens (tertiary/aromatic N) is 1. The standard InChI is InChI=1S/C13H13NS/c1-2-13(15-7-1)12-6-5-11(9-14-12)8-10-3-4-10/h1-2,5-7,9-10H,3-4,8H2. The molecule has 1 nitrogen and oxygen atoms in total. The number of pyridine rings is 1. The molecule has 0 unspecified atom stereocenters. The van der Waals surface area contributed by atoms with Crippen LogP contribution in [-0.4, -0.2) is 4.98 Å². The minimum absolute atomic E-state index is 0.944. The lowest BCUT2D eigenvalue weighted by molar-refractivity contribution is 0.828. The lowest BCUT2D eigenvalue weighted by Gasteiger charge is -2.00. The largest absolute Gasteiger partial charge is 0.255 e. The molecule has 0 aliphatic heterocycles. The number of hydrogen-bond donors (Lipinski definition) is 0. The summed E-state index contributed by atoms with van der Waals surface area (Å²) in [6.45, 7) is 0. The summed E-state index contributed by atoms with van der Waals surface area (Å²) in [6, 6.07) is 8.55. The van der Waals surface area contributed by atoms with E-state index in [0.29, 0.717) is 0 Å². The van der Waals surface area contributed by atoms with E-state index in [2.05, 4.69) is 34.6 Å². The Labute approximate surface area is 93.8 Å². The monoisotopic (exact) mass is 215 g/mol. The molecular weight excluding hydrogens is 202 g/mol. The average Bonchev–Trinajstić information content (AvgIpc) is 2.92. The van der Waals surface area contributed by atoms with Gasteiger partial charge in [-0.2, -0.15) is 0 Å². The molecule has 1 fully saturated rings. The number of thiophene rings is 1. The van der Waals surface area contributed by atoms with Crippen LogP contribution in [0.4, 0.5) is 0 Å². The van der Waals surface area contributed by atoms with Gasteiger partial charge >= 0.3 is 0 Å². The van der Waals surface area contributed by atoms with E-state index < -0.39 is 0 Å². The van der Waals surface area contributed by atoms with E-state index in [1.165, 1.54) is 29.7 Å². The summed E-state index contributed by atoms with van der Waals surface area (Å²) in [5.41, 5.74) is 2.49. The Bertz CT molecular complexity index is 426. The number of aromatic nitrogens is 1. The van der Waals surface area contributed by atoms with Crippen molar-refractivity contribution in [1.82, 2.24) is 4.98 Å². The van der Waals surface area contributed by atoms with Crippen LogP contribution in [0.5, 0.6) is 0 Å². The molecule has 0 atom stereocenters. The van der Waals surface area contributed by atoms with Crippen molar-refractivity contribution < 1.29 is 0 Å². The maximum atomic E-state index is 4.51. The highest BCUT2D eigenvalue weighted by molar-refractivity contribution is 7.13. The molecule has 0 bridgehead atoms. The summed E-state index contributed by atoms with van der Waals surface area (Å²) < 4.78 is 0. The molecule has 0 N–H and O–H groups in total. The van der Waals surface area contributed by atoms with Gasteiger partial charge in [0.05, 0.1) is 10.6 Å². The Hall–Kier alpha value is -1.15. The van der Waals surface area contributed by atoms with Gasteiger partial charge in [-0.3, -0.25) is 4.98 Å². The molecule has 3 rings (SSSR count). The zero-order valence-electron chi connectivity index (χ0n) is 8.52. The number of hydrogen-bond acceptors (Lipinski definition) is 2. The third-order valence-corrected chi connectivity index (χ3v) is 3.71. The second kappa shape index (κ2) is 3.78. The fourth-order valence-corrected chi connectivity index (χ4v) is 2.47. The molecule has 0 amide bonds. The van der Waals surface area contributed by atoms with Gasteiger partial charge in [-0.05, 0) is 48.3 Å². The molecule has 0 saturated heterocycles. The van der Waals surface area contributed by atoms with Crippen molar-refractivity contribution in [2.45, 2.75) is 19.3 Å². The molecule has 0 radical (unpaired) electrons. The topological polar surface area (TPSA) is 12.9 Å². The van der Waals surface area contributed by atoms with Gasteiger partial charge in [-0.15, -0.1) is 11.3 Å². The second-order valence-corrected chi connectivity index (χ2v) is 5.12. The normalized spacial score (nSPS) is 15.5. The van der Waals surface area contributed by atoms with E-state index >= 15 is 0 Å². The van der Waals surface area contributed by atoms with Crippen LogP contribution in [0.2, 0.25) is 0 Å². The Morgan fingerprint density at radius 2 is 2.20 bits per heavy atom. The van der Waals surface area contributed by atoms with Gasteiger partial charge in [-0.1, -0.05) is 12.1 Å². The van der Waals surface area contributed by atoms with Crippen LogP contribution >= 0.6 is 11.3 Å². The van der Waals surface area contributed by atoms with Gasteiger partial charge in [0.1, 0.15) is 0 Å². The zero-order valence-corrected chi connectivity index (χ0v) is 9.33. The van der Waals surface area contributed by atoms with Crippen molar-refractivity contribution in [2.24, 2.45) is 5.92 Å².